The van der Waals surface area contributed by atoms with Gasteiger partial charge in [-0.05, 0) is 50.9 Å². The summed E-state index contributed by atoms with van der Waals surface area (Å²) in [4.78, 5) is 13.5. The summed E-state index contributed by atoms with van der Waals surface area (Å²) < 4.78 is 18.6. The van der Waals surface area contributed by atoms with Crippen LogP contribution in [0, 0.1) is 11.7 Å². The first-order valence-corrected chi connectivity index (χ1v) is 7.28. The third kappa shape index (κ3) is 4.02. The summed E-state index contributed by atoms with van der Waals surface area (Å²) in [7, 11) is 1.28. The number of hydrogen-bond acceptors (Lipinski definition) is 4. The van der Waals surface area contributed by atoms with E-state index in [1.807, 2.05) is 6.92 Å². The number of benzene rings is 1. The Bertz CT molecular complexity index is 496. The van der Waals surface area contributed by atoms with E-state index in [-0.39, 0.29) is 17.5 Å². The molecular formula is C16H22FNO3. The van der Waals surface area contributed by atoms with E-state index in [9.17, 15) is 14.3 Å². The second-order valence-corrected chi connectivity index (χ2v) is 5.65. The van der Waals surface area contributed by atoms with E-state index in [0.717, 1.165) is 25.9 Å². The molecule has 0 amide bonds. The Hall–Kier alpha value is -1.46. The van der Waals surface area contributed by atoms with E-state index in [2.05, 4.69) is 9.64 Å². The van der Waals surface area contributed by atoms with Crippen molar-refractivity contribution in [1.29, 1.82) is 0 Å². The van der Waals surface area contributed by atoms with Crippen molar-refractivity contribution >= 4 is 5.97 Å². The molecule has 1 aromatic rings. The Kier molecular flexibility index (Phi) is 5.31. The molecule has 1 saturated heterocycles. The number of ether oxygens (including phenoxy) is 1. The average Bonchev–Trinajstić information content (AvgIpc) is 2.49. The van der Waals surface area contributed by atoms with E-state index in [1.165, 1.54) is 13.2 Å². The molecule has 0 radical (unpaired) electrons. The average molecular weight is 295 g/mol. The number of nitrogens with zero attached hydrogens (tertiary/aromatic N) is 1. The summed E-state index contributed by atoms with van der Waals surface area (Å²) in [5.74, 6) is -0.568. The van der Waals surface area contributed by atoms with Crippen molar-refractivity contribution in [2.75, 3.05) is 20.2 Å². The topological polar surface area (TPSA) is 49.8 Å². The molecule has 0 aliphatic carbocycles. The summed E-state index contributed by atoms with van der Waals surface area (Å²) in [6.07, 6.45) is 1.59. The van der Waals surface area contributed by atoms with Crippen LogP contribution in [0.25, 0.3) is 0 Å². The normalized spacial score (nSPS) is 18.5. The largest absolute Gasteiger partial charge is 0.465 e. The van der Waals surface area contributed by atoms with Crippen molar-refractivity contribution in [3.05, 3.63) is 35.1 Å². The molecule has 4 nitrogen and oxygen atoms in total. The molecule has 0 aromatic heterocycles. The van der Waals surface area contributed by atoms with Crippen LogP contribution in [0.4, 0.5) is 4.39 Å². The highest BCUT2D eigenvalue weighted by atomic mass is 19.1. The molecule has 1 heterocycles. The van der Waals surface area contributed by atoms with Gasteiger partial charge in [0.25, 0.3) is 0 Å². The van der Waals surface area contributed by atoms with Gasteiger partial charge in [0.15, 0.2) is 0 Å². The number of rotatable bonds is 4. The summed E-state index contributed by atoms with van der Waals surface area (Å²) in [5, 5.41) is 9.58. The number of aliphatic hydroxyl groups is 1. The van der Waals surface area contributed by atoms with Crippen LogP contribution in [0.5, 0.6) is 0 Å². The molecule has 1 aromatic carbocycles. The minimum Gasteiger partial charge on any atom is -0.465 e. The van der Waals surface area contributed by atoms with E-state index in [1.54, 1.807) is 12.1 Å². The molecule has 1 fully saturated rings. The molecule has 1 atom stereocenters. The molecular weight excluding hydrogens is 273 g/mol. The second-order valence-electron chi connectivity index (χ2n) is 5.65. The molecule has 0 spiro atoms. The molecule has 5 heteroatoms. The lowest BCUT2D eigenvalue weighted by molar-refractivity contribution is 0.0600. The third-order valence-electron chi connectivity index (χ3n) is 4.18. The van der Waals surface area contributed by atoms with Crippen LogP contribution in [0.15, 0.2) is 18.2 Å². The minimum absolute atomic E-state index is 0.228. The van der Waals surface area contributed by atoms with Crippen molar-refractivity contribution in [2.45, 2.75) is 32.4 Å². The zero-order valence-electron chi connectivity index (χ0n) is 12.5. The molecule has 116 valence electrons. The number of carbonyl (C=O) groups is 1. The number of methoxy groups -OCH3 is 1. The van der Waals surface area contributed by atoms with Gasteiger partial charge in [0.05, 0.1) is 18.8 Å². The SMILES string of the molecule is COC(=O)c1ccc(CN2CCC(C(C)O)CC2)c(F)c1. The smallest absolute Gasteiger partial charge is 0.337 e. The lowest BCUT2D eigenvalue weighted by Crippen LogP contribution is -2.36. The highest BCUT2D eigenvalue weighted by molar-refractivity contribution is 5.89. The maximum Gasteiger partial charge on any atom is 0.337 e. The molecule has 1 N–H and O–H groups in total. The number of esters is 1. The number of likely N-dealkylation sites (tertiary alicyclic amines) is 1. The third-order valence-corrected chi connectivity index (χ3v) is 4.18. The highest BCUT2D eigenvalue weighted by Gasteiger charge is 2.23. The Balaban J connectivity index is 1.96. The lowest BCUT2D eigenvalue weighted by Gasteiger charge is -2.33. The first-order valence-electron chi connectivity index (χ1n) is 7.28. The van der Waals surface area contributed by atoms with Crippen LogP contribution in [0.3, 0.4) is 0 Å². The summed E-state index contributed by atoms with van der Waals surface area (Å²) in [5.41, 5.74) is 0.810. The van der Waals surface area contributed by atoms with Crippen molar-refractivity contribution in [3.8, 4) is 0 Å². The first kappa shape index (κ1) is 15.9. The van der Waals surface area contributed by atoms with Crippen molar-refractivity contribution in [2.24, 2.45) is 5.92 Å². The summed E-state index contributed by atoms with van der Waals surface area (Å²) in [6.45, 7) is 4.06. The summed E-state index contributed by atoms with van der Waals surface area (Å²) in [6, 6.07) is 4.46. The van der Waals surface area contributed by atoms with Crippen LogP contribution in [-0.4, -0.2) is 42.3 Å². The Morgan fingerprint density at radius 2 is 2.14 bits per heavy atom. The van der Waals surface area contributed by atoms with Crippen molar-refractivity contribution in [1.82, 2.24) is 4.90 Å². The fraction of sp³-hybridized carbons (Fsp3) is 0.562. The van der Waals surface area contributed by atoms with Gasteiger partial charge >= 0.3 is 5.97 Å². The van der Waals surface area contributed by atoms with Crippen LogP contribution >= 0.6 is 0 Å². The molecule has 1 unspecified atom stereocenters. The van der Waals surface area contributed by atoms with Gasteiger partial charge in [0.2, 0.25) is 0 Å². The number of halogens is 1. The second kappa shape index (κ2) is 7.00. The van der Waals surface area contributed by atoms with E-state index >= 15 is 0 Å². The van der Waals surface area contributed by atoms with Crippen LogP contribution < -0.4 is 0 Å². The van der Waals surface area contributed by atoms with Gasteiger partial charge in [-0.25, -0.2) is 9.18 Å². The maximum absolute atomic E-state index is 14.0. The highest BCUT2D eigenvalue weighted by Crippen LogP contribution is 2.22. The Morgan fingerprint density at radius 1 is 1.48 bits per heavy atom. The molecule has 1 aliphatic heterocycles. The molecule has 0 bridgehead atoms. The Morgan fingerprint density at radius 3 is 2.67 bits per heavy atom. The predicted molar refractivity (Wildman–Crippen MR) is 77.4 cm³/mol. The van der Waals surface area contributed by atoms with Crippen LogP contribution in [-0.2, 0) is 11.3 Å². The van der Waals surface area contributed by atoms with Crippen molar-refractivity contribution < 1.29 is 19.0 Å². The van der Waals surface area contributed by atoms with Gasteiger partial charge in [0, 0.05) is 12.1 Å². The van der Waals surface area contributed by atoms with Gasteiger partial charge < -0.3 is 9.84 Å². The fourth-order valence-corrected chi connectivity index (χ4v) is 2.75. The zero-order chi connectivity index (χ0) is 15.4. The van der Waals surface area contributed by atoms with Gasteiger partial charge in [-0.2, -0.15) is 0 Å². The Labute approximate surface area is 124 Å². The van der Waals surface area contributed by atoms with Crippen LogP contribution in [0.2, 0.25) is 0 Å². The molecule has 1 aliphatic rings. The standard InChI is InChI=1S/C16H22FNO3/c1-11(19)12-5-7-18(8-6-12)10-14-4-3-13(9-15(14)17)16(20)21-2/h3-4,9,11-12,19H,5-8,10H2,1-2H3. The van der Waals surface area contributed by atoms with E-state index < -0.39 is 5.97 Å². The monoisotopic (exact) mass is 295 g/mol. The molecule has 0 saturated carbocycles. The zero-order valence-corrected chi connectivity index (χ0v) is 12.5. The van der Waals surface area contributed by atoms with Gasteiger partial charge in [-0.15, -0.1) is 0 Å². The van der Waals surface area contributed by atoms with Gasteiger partial charge in [-0.1, -0.05) is 6.07 Å². The van der Waals surface area contributed by atoms with Crippen molar-refractivity contribution in [3.63, 3.8) is 0 Å². The van der Waals surface area contributed by atoms with Gasteiger partial charge in [-0.3, -0.25) is 4.90 Å². The van der Waals surface area contributed by atoms with E-state index in [4.69, 9.17) is 0 Å². The lowest BCUT2D eigenvalue weighted by atomic mass is 9.92. The number of aliphatic hydroxyl groups excluding tert-OH is 1. The van der Waals surface area contributed by atoms with Gasteiger partial charge in [0.1, 0.15) is 5.82 Å². The number of piperidine rings is 1. The fourth-order valence-electron chi connectivity index (χ4n) is 2.75. The maximum atomic E-state index is 14.0. The van der Waals surface area contributed by atoms with Crippen LogP contribution in [0.1, 0.15) is 35.7 Å². The van der Waals surface area contributed by atoms with E-state index in [0.29, 0.717) is 18.0 Å². The number of carbonyl (C=O) groups excluding carboxylic acids is 1. The minimum atomic E-state index is -0.529. The summed E-state index contributed by atoms with van der Waals surface area (Å²) >= 11 is 0. The first-order chi connectivity index (χ1) is 10.0. The number of hydrogen-bond donors (Lipinski definition) is 1. The quantitative estimate of drug-likeness (QED) is 0.865. The molecule has 2 rings (SSSR count). The predicted octanol–water partition coefficient (Wildman–Crippen LogP) is 2.21. The molecule has 21 heavy (non-hydrogen) atoms.